The van der Waals surface area contributed by atoms with Crippen molar-refractivity contribution in [3.63, 3.8) is 0 Å². The van der Waals surface area contributed by atoms with Gasteiger partial charge in [0, 0.05) is 15.6 Å². The predicted octanol–water partition coefficient (Wildman–Crippen LogP) is 9.28. The summed E-state index contributed by atoms with van der Waals surface area (Å²) in [4.78, 5) is 18.9. The zero-order chi connectivity index (χ0) is 33.1. The van der Waals surface area contributed by atoms with E-state index < -0.39 is 0 Å². The lowest BCUT2D eigenvalue weighted by atomic mass is 9.96. The van der Waals surface area contributed by atoms with Crippen LogP contribution in [0.3, 0.4) is 0 Å². The number of para-hydroxylation sites is 1. The third-order valence-electron chi connectivity index (χ3n) is 8.13. The van der Waals surface area contributed by atoms with Crippen molar-refractivity contribution in [2.24, 2.45) is 5.10 Å². The minimum Gasteiger partial charge on any atom is -0.496 e. The molecule has 7 nitrogen and oxygen atoms in total. The van der Waals surface area contributed by atoms with Gasteiger partial charge in [-0.3, -0.25) is 4.79 Å². The Morgan fingerprint density at radius 3 is 2.38 bits per heavy atom. The molecule has 6 rings (SSSR count). The molecule has 0 atom stereocenters. The van der Waals surface area contributed by atoms with Gasteiger partial charge in [-0.2, -0.15) is 9.78 Å². The Morgan fingerprint density at radius 1 is 0.894 bits per heavy atom. The van der Waals surface area contributed by atoms with Crippen molar-refractivity contribution in [2.75, 3.05) is 13.7 Å². The fraction of sp³-hybridized carbons (Fsp3) is 0.205. The largest absolute Gasteiger partial charge is 0.496 e. The van der Waals surface area contributed by atoms with E-state index in [0.717, 1.165) is 43.2 Å². The van der Waals surface area contributed by atoms with Gasteiger partial charge in [-0.15, -0.1) is 0 Å². The maximum atomic E-state index is 13.9. The maximum absolute atomic E-state index is 13.9. The van der Waals surface area contributed by atoms with Crippen LogP contribution in [0.5, 0.6) is 17.2 Å². The summed E-state index contributed by atoms with van der Waals surface area (Å²) in [5.74, 6) is 2.62. The molecule has 0 amide bonds. The first-order chi connectivity index (χ1) is 22.8. The summed E-state index contributed by atoms with van der Waals surface area (Å²) in [6.45, 7) is 8.97. The lowest BCUT2D eigenvalue weighted by Gasteiger charge is -2.17. The van der Waals surface area contributed by atoms with Gasteiger partial charge in [0.15, 0.2) is 17.3 Å². The van der Waals surface area contributed by atoms with Gasteiger partial charge in [0.05, 0.1) is 30.8 Å². The number of hydrogen-bond donors (Lipinski definition) is 0. The maximum Gasteiger partial charge on any atom is 0.282 e. The van der Waals surface area contributed by atoms with Crippen LogP contribution < -0.4 is 19.8 Å². The second-order valence-corrected chi connectivity index (χ2v) is 12.4. The smallest absolute Gasteiger partial charge is 0.282 e. The van der Waals surface area contributed by atoms with Crippen molar-refractivity contribution in [3.8, 4) is 28.6 Å². The fourth-order valence-electron chi connectivity index (χ4n) is 5.70. The Bertz CT molecular complexity index is 2180. The highest BCUT2D eigenvalue weighted by Gasteiger charge is 2.19. The molecule has 1 aromatic heterocycles. The van der Waals surface area contributed by atoms with Gasteiger partial charge in [-0.25, -0.2) is 4.98 Å². The van der Waals surface area contributed by atoms with Crippen LogP contribution in [0.2, 0.25) is 0 Å². The lowest BCUT2D eigenvalue weighted by Crippen LogP contribution is -2.21. The molecular weight excluding hydrogens is 654 g/mol. The molecule has 0 radical (unpaired) electrons. The van der Waals surface area contributed by atoms with E-state index in [1.807, 2.05) is 74.5 Å². The molecule has 238 valence electrons. The lowest BCUT2D eigenvalue weighted by molar-refractivity contribution is 0.270. The van der Waals surface area contributed by atoms with Crippen LogP contribution in [0.1, 0.15) is 48.9 Å². The number of aromatic nitrogens is 2. The number of rotatable bonds is 10. The summed E-state index contributed by atoms with van der Waals surface area (Å²) in [5.41, 5.74) is 4.88. The van der Waals surface area contributed by atoms with Gasteiger partial charge in [-0.05, 0) is 99.6 Å². The third kappa shape index (κ3) is 6.51. The Morgan fingerprint density at radius 2 is 1.62 bits per heavy atom. The van der Waals surface area contributed by atoms with Gasteiger partial charge in [0.1, 0.15) is 12.4 Å². The van der Waals surface area contributed by atoms with Gasteiger partial charge < -0.3 is 14.2 Å². The van der Waals surface area contributed by atoms with Gasteiger partial charge in [0.25, 0.3) is 5.56 Å². The van der Waals surface area contributed by atoms with E-state index in [1.165, 1.54) is 4.68 Å². The second-order valence-electron chi connectivity index (χ2n) is 11.6. The highest BCUT2D eigenvalue weighted by molar-refractivity contribution is 9.10. The normalized spacial score (nSPS) is 11.6. The van der Waals surface area contributed by atoms with E-state index in [2.05, 4.69) is 54.0 Å². The Hall–Kier alpha value is -4.95. The molecule has 0 aliphatic rings. The molecule has 0 saturated carbocycles. The van der Waals surface area contributed by atoms with Crippen LogP contribution in [0.25, 0.3) is 33.1 Å². The summed E-state index contributed by atoms with van der Waals surface area (Å²) in [5, 5.41) is 7.53. The highest BCUT2D eigenvalue weighted by atomic mass is 79.9. The molecule has 0 saturated heterocycles. The molecule has 0 spiro atoms. The van der Waals surface area contributed by atoms with Crippen molar-refractivity contribution in [3.05, 3.63) is 128 Å². The predicted molar refractivity (Wildman–Crippen MR) is 193 cm³/mol. The fourth-order valence-corrected chi connectivity index (χ4v) is 6.12. The zero-order valence-electron chi connectivity index (χ0n) is 27.1. The molecule has 0 bridgehead atoms. The summed E-state index contributed by atoms with van der Waals surface area (Å²) in [7, 11) is 1.67. The molecule has 6 aromatic rings. The van der Waals surface area contributed by atoms with Crippen LogP contribution >= 0.6 is 15.9 Å². The number of nitrogens with zero attached hydrogens (tertiary/aromatic N) is 3. The van der Waals surface area contributed by atoms with E-state index in [9.17, 15) is 4.79 Å². The van der Waals surface area contributed by atoms with Crippen molar-refractivity contribution >= 4 is 43.8 Å². The quantitative estimate of drug-likeness (QED) is 0.134. The molecular formula is C39H36BrN3O4. The number of methoxy groups -OCH3 is 1. The molecule has 0 N–H and O–H groups in total. The Balaban J connectivity index is 1.42. The Labute approximate surface area is 282 Å². The molecule has 47 heavy (non-hydrogen) atoms. The standard InChI is InChI=1S/C39H36BrN3O4/c1-6-46-36-19-28(33(40)21-37(36)47-23-27-14-11-13-26-12-7-8-15-29(26)27)22-41-43-38(42-34-17-10-9-16-30(34)39(43)44)32-20-31(24(2)3)35(45-5)18-25(32)4/h7-22,24H,6,23H2,1-5H3. The van der Waals surface area contributed by atoms with Gasteiger partial charge in [-0.1, -0.05) is 68.4 Å². The van der Waals surface area contributed by atoms with Crippen molar-refractivity contribution in [2.45, 2.75) is 40.2 Å². The Kier molecular flexibility index (Phi) is 9.41. The summed E-state index contributed by atoms with van der Waals surface area (Å²) < 4.78 is 20.1. The average Bonchev–Trinajstić information content (AvgIpc) is 3.08. The van der Waals surface area contributed by atoms with E-state index in [4.69, 9.17) is 24.3 Å². The minimum atomic E-state index is -0.264. The number of ether oxygens (including phenoxy) is 3. The third-order valence-corrected chi connectivity index (χ3v) is 8.82. The first kappa shape index (κ1) is 32.0. The SMILES string of the molecule is CCOc1cc(C=Nn2c(-c3cc(C(C)C)c(OC)cc3C)nc3ccccc3c2=O)c(Br)cc1OCc1cccc2ccccc12. The van der Waals surface area contributed by atoms with E-state index >= 15 is 0 Å². The van der Waals surface area contributed by atoms with E-state index in [-0.39, 0.29) is 11.5 Å². The van der Waals surface area contributed by atoms with Gasteiger partial charge in [0.2, 0.25) is 0 Å². The van der Waals surface area contributed by atoms with Crippen LogP contribution in [-0.4, -0.2) is 29.6 Å². The summed E-state index contributed by atoms with van der Waals surface area (Å²) in [6, 6.07) is 29.6. The van der Waals surface area contributed by atoms with Crippen molar-refractivity contribution in [1.29, 1.82) is 0 Å². The van der Waals surface area contributed by atoms with Crippen LogP contribution in [0.15, 0.2) is 105 Å². The number of hydrogen-bond acceptors (Lipinski definition) is 6. The highest BCUT2D eigenvalue weighted by Crippen LogP contribution is 2.36. The second kappa shape index (κ2) is 13.8. The first-order valence-electron chi connectivity index (χ1n) is 15.6. The zero-order valence-corrected chi connectivity index (χ0v) is 28.7. The average molecular weight is 691 g/mol. The van der Waals surface area contributed by atoms with Crippen LogP contribution in [0.4, 0.5) is 0 Å². The molecule has 0 unspecified atom stereocenters. The molecule has 0 aliphatic heterocycles. The monoisotopic (exact) mass is 689 g/mol. The van der Waals surface area contributed by atoms with Gasteiger partial charge >= 0.3 is 0 Å². The summed E-state index contributed by atoms with van der Waals surface area (Å²) in [6.07, 6.45) is 1.64. The van der Waals surface area contributed by atoms with Crippen molar-refractivity contribution < 1.29 is 14.2 Å². The molecule has 0 fully saturated rings. The van der Waals surface area contributed by atoms with Crippen LogP contribution in [-0.2, 0) is 6.61 Å². The molecule has 5 aromatic carbocycles. The van der Waals surface area contributed by atoms with Crippen molar-refractivity contribution in [1.82, 2.24) is 9.66 Å². The first-order valence-corrected chi connectivity index (χ1v) is 16.4. The number of halogens is 1. The topological polar surface area (TPSA) is 74.9 Å². The van der Waals surface area contributed by atoms with E-state index in [0.29, 0.717) is 47.0 Å². The number of fused-ring (bicyclic) bond motifs is 2. The number of aryl methyl sites for hydroxylation is 1. The minimum absolute atomic E-state index is 0.197. The summed E-state index contributed by atoms with van der Waals surface area (Å²) >= 11 is 3.70. The molecule has 8 heteroatoms. The van der Waals surface area contributed by atoms with Crippen LogP contribution in [0, 0.1) is 6.92 Å². The number of benzene rings is 5. The molecule has 1 heterocycles. The molecule has 0 aliphatic carbocycles. The van der Waals surface area contributed by atoms with E-state index in [1.54, 1.807) is 19.4 Å².